The Labute approximate surface area is 135 Å². The Bertz CT molecular complexity index is 670. The van der Waals surface area contributed by atoms with E-state index in [1.165, 1.54) is 6.08 Å². The van der Waals surface area contributed by atoms with Crippen LogP contribution in [0, 0.1) is 0 Å². The van der Waals surface area contributed by atoms with E-state index in [9.17, 15) is 4.79 Å². The summed E-state index contributed by atoms with van der Waals surface area (Å²) in [7, 11) is 3.12. The highest BCUT2D eigenvalue weighted by Gasteiger charge is 2.13. The third-order valence-corrected chi connectivity index (χ3v) is 3.12. The van der Waals surface area contributed by atoms with Gasteiger partial charge < -0.3 is 14.2 Å². The Morgan fingerprint density at radius 3 is 2.39 bits per heavy atom. The van der Waals surface area contributed by atoms with Crippen molar-refractivity contribution in [3.05, 3.63) is 53.9 Å². The first-order valence-corrected chi connectivity index (χ1v) is 7.21. The summed E-state index contributed by atoms with van der Waals surface area (Å²) in [6.07, 6.45) is 4.75. The second-order valence-electron chi connectivity index (χ2n) is 4.60. The zero-order valence-corrected chi connectivity index (χ0v) is 13.4. The van der Waals surface area contributed by atoms with E-state index in [0.717, 1.165) is 5.56 Å². The molecule has 0 atom stereocenters. The summed E-state index contributed by atoms with van der Waals surface area (Å²) >= 11 is 0. The average Bonchev–Trinajstić information content (AvgIpc) is 2.61. The summed E-state index contributed by atoms with van der Waals surface area (Å²) in [5, 5.41) is 0. The van der Waals surface area contributed by atoms with Crippen LogP contribution in [0.5, 0.6) is 17.2 Å². The topological polar surface area (TPSA) is 57.7 Å². The van der Waals surface area contributed by atoms with Crippen molar-refractivity contribution in [2.24, 2.45) is 0 Å². The lowest BCUT2D eigenvalue weighted by Crippen LogP contribution is -1.99. The Kier molecular flexibility index (Phi) is 5.74. The molecule has 23 heavy (non-hydrogen) atoms. The smallest absolute Gasteiger partial charge is 0.204 e. The quantitative estimate of drug-likeness (QED) is 0.579. The van der Waals surface area contributed by atoms with Gasteiger partial charge in [-0.3, -0.25) is 9.78 Å². The fourth-order valence-corrected chi connectivity index (χ4v) is 2.05. The molecule has 1 aromatic heterocycles. The number of carbonyl (C=O) groups excluding carboxylic acids is 1. The van der Waals surface area contributed by atoms with Crippen LogP contribution in [0.3, 0.4) is 0 Å². The van der Waals surface area contributed by atoms with Crippen LogP contribution in [0.25, 0.3) is 6.08 Å². The van der Waals surface area contributed by atoms with Gasteiger partial charge in [0.25, 0.3) is 0 Å². The Morgan fingerprint density at radius 2 is 1.87 bits per heavy atom. The second-order valence-corrected chi connectivity index (χ2v) is 4.60. The van der Waals surface area contributed by atoms with Crippen molar-refractivity contribution >= 4 is 11.9 Å². The highest BCUT2D eigenvalue weighted by Crippen LogP contribution is 2.38. The third-order valence-electron chi connectivity index (χ3n) is 3.12. The van der Waals surface area contributed by atoms with E-state index >= 15 is 0 Å². The van der Waals surface area contributed by atoms with Crippen LogP contribution in [-0.4, -0.2) is 31.6 Å². The fourth-order valence-electron chi connectivity index (χ4n) is 2.05. The van der Waals surface area contributed by atoms with Crippen LogP contribution in [0.15, 0.2) is 42.6 Å². The molecule has 5 nitrogen and oxygen atoms in total. The van der Waals surface area contributed by atoms with Crippen molar-refractivity contribution < 1.29 is 19.0 Å². The SMILES string of the molecule is CCOc1c(OC)cc(/C=C/C(=O)c2ccccn2)cc1OC. The largest absolute Gasteiger partial charge is 0.493 e. The van der Waals surface area contributed by atoms with E-state index in [1.54, 1.807) is 56.8 Å². The maximum absolute atomic E-state index is 12.1. The number of hydrogen-bond donors (Lipinski definition) is 0. The molecule has 5 heteroatoms. The van der Waals surface area contributed by atoms with Crippen molar-refractivity contribution in [2.75, 3.05) is 20.8 Å². The van der Waals surface area contributed by atoms with Crippen molar-refractivity contribution in [3.63, 3.8) is 0 Å². The van der Waals surface area contributed by atoms with E-state index in [4.69, 9.17) is 14.2 Å². The molecule has 0 aliphatic carbocycles. The molecule has 0 fully saturated rings. The third kappa shape index (κ3) is 4.10. The molecule has 1 heterocycles. The first-order valence-electron chi connectivity index (χ1n) is 7.21. The van der Waals surface area contributed by atoms with E-state index in [1.807, 2.05) is 6.92 Å². The summed E-state index contributed by atoms with van der Waals surface area (Å²) < 4.78 is 16.2. The molecular formula is C18H19NO4. The lowest BCUT2D eigenvalue weighted by atomic mass is 10.1. The number of methoxy groups -OCH3 is 2. The molecule has 0 aliphatic heterocycles. The van der Waals surface area contributed by atoms with E-state index < -0.39 is 0 Å². The van der Waals surface area contributed by atoms with Crippen LogP contribution in [0.2, 0.25) is 0 Å². The van der Waals surface area contributed by atoms with Gasteiger partial charge in [-0.05, 0) is 42.8 Å². The number of hydrogen-bond acceptors (Lipinski definition) is 5. The number of rotatable bonds is 7. The molecule has 0 saturated carbocycles. The summed E-state index contributed by atoms with van der Waals surface area (Å²) in [5.41, 5.74) is 1.17. The van der Waals surface area contributed by atoms with Crippen LogP contribution >= 0.6 is 0 Å². The van der Waals surface area contributed by atoms with Crippen LogP contribution in [-0.2, 0) is 0 Å². The van der Waals surface area contributed by atoms with Gasteiger partial charge in [0.1, 0.15) is 5.69 Å². The normalized spacial score (nSPS) is 10.6. The van der Waals surface area contributed by atoms with Gasteiger partial charge in [-0.1, -0.05) is 12.1 Å². The Hall–Kier alpha value is -2.82. The number of pyridine rings is 1. The minimum atomic E-state index is -0.169. The maximum atomic E-state index is 12.1. The molecule has 0 amide bonds. The zero-order chi connectivity index (χ0) is 16.7. The fraction of sp³-hybridized carbons (Fsp3) is 0.222. The number of aromatic nitrogens is 1. The highest BCUT2D eigenvalue weighted by atomic mass is 16.5. The predicted molar refractivity (Wildman–Crippen MR) is 88.3 cm³/mol. The molecular weight excluding hydrogens is 294 g/mol. The molecule has 0 radical (unpaired) electrons. The van der Waals surface area contributed by atoms with Crippen LogP contribution in [0.4, 0.5) is 0 Å². The van der Waals surface area contributed by atoms with Crippen molar-refractivity contribution in [3.8, 4) is 17.2 Å². The molecule has 120 valence electrons. The minimum absolute atomic E-state index is 0.169. The summed E-state index contributed by atoms with van der Waals surface area (Å²) in [4.78, 5) is 16.1. The predicted octanol–water partition coefficient (Wildman–Crippen LogP) is 3.39. The number of ketones is 1. The van der Waals surface area contributed by atoms with Gasteiger partial charge in [0.05, 0.1) is 20.8 Å². The summed E-state index contributed by atoms with van der Waals surface area (Å²) in [6.45, 7) is 2.39. The number of allylic oxidation sites excluding steroid dienone is 1. The van der Waals surface area contributed by atoms with Gasteiger partial charge >= 0.3 is 0 Å². The molecule has 0 spiro atoms. The summed E-state index contributed by atoms with van der Waals surface area (Å²) in [6, 6.07) is 8.79. The molecule has 0 bridgehead atoms. The standard InChI is InChI=1S/C18H19NO4/c1-4-23-18-16(21-2)11-13(12-17(18)22-3)8-9-15(20)14-7-5-6-10-19-14/h5-12H,4H2,1-3H3/b9-8+. The number of carbonyl (C=O) groups is 1. The van der Waals surface area contributed by atoms with Crippen LogP contribution in [0.1, 0.15) is 23.0 Å². The van der Waals surface area contributed by atoms with Gasteiger partial charge in [-0.15, -0.1) is 0 Å². The van der Waals surface area contributed by atoms with Gasteiger partial charge in [-0.25, -0.2) is 0 Å². The van der Waals surface area contributed by atoms with E-state index in [2.05, 4.69) is 4.98 Å². The van der Waals surface area contributed by atoms with Crippen molar-refractivity contribution in [2.45, 2.75) is 6.92 Å². The van der Waals surface area contributed by atoms with E-state index in [-0.39, 0.29) is 5.78 Å². The number of nitrogens with zero attached hydrogens (tertiary/aromatic N) is 1. The Balaban J connectivity index is 2.29. The van der Waals surface area contributed by atoms with Crippen molar-refractivity contribution in [1.29, 1.82) is 0 Å². The van der Waals surface area contributed by atoms with Gasteiger partial charge in [0, 0.05) is 6.20 Å². The number of ether oxygens (including phenoxy) is 3. The lowest BCUT2D eigenvalue weighted by Gasteiger charge is -2.14. The van der Waals surface area contributed by atoms with E-state index in [0.29, 0.717) is 29.5 Å². The number of benzene rings is 1. The first-order chi connectivity index (χ1) is 11.2. The minimum Gasteiger partial charge on any atom is -0.493 e. The molecule has 0 aliphatic rings. The van der Waals surface area contributed by atoms with Crippen molar-refractivity contribution in [1.82, 2.24) is 4.98 Å². The molecule has 0 saturated heterocycles. The molecule has 2 rings (SSSR count). The van der Waals surface area contributed by atoms with Gasteiger partial charge in [-0.2, -0.15) is 0 Å². The average molecular weight is 313 g/mol. The lowest BCUT2D eigenvalue weighted by molar-refractivity contribution is 0.104. The molecule has 0 N–H and O–H groups in total. The monoisotopic (exact) mass is 313 g/mol. The summed E-state index contributed by atoms with van der Waals surface area (Å²) in [5.74, 6) is 1.48. The van der Waals surface area contributed by atoms with Crippen LogP contribution < -0.4 is 14.2 Å². The second kappa shape index (κ2) is 7.98. The van der Waals surface area contributed by atoms with Gasteiger partial charge in [0.15, 0.2) is 11.5 Å². The van der Waals surface area contributed by atoms with Gasteiger partial charge in [0.2, 0.25) is 11.5 Å². The molecule has 2 aromatic rings. The molecule has 0 unspecified atom stereocenters. The maximum Gasteiger partial charge on any atom is 0.204 e. The highest BCUT2D eigenvalue weighted by molar-refractivity contribution is 6.05. The zero-order valence-electron chi connectivity index (χ0n) is 13.4. The molecule has 1 aromatic carbocycles. The Morgan fingerprint density at radius 1 is 1.17 bits per heavy atom. The first kappa shape index (κ1) is 16.5.